The molecule has 5 nitrogen and oxygen atoms in total. The molecule has 0 spiro atoms. The summed E-state index contributed by atoms with van der Waals surface area (Å²) in [6.45, 7) is 0. The molecule has 0 bridgehead atoms. The smallest absolute Gasteiger partial charge is 0.227 e. The molecule has 8 aromatic carbocycles. The van der Waals surface area contributed by atoms with Crippen molar-refractivity contribution < 1.29 is 4.42 Å². The van der Waals surface area contributed by atoms with E-state index < -0.39 is 0 Å². The summed E-state index contributed by atoms with van der Waals surface area (Å²) in [5, 5.41) is 4.49. The van der Waals surface area contributed by atoms with Crippen LogP contribution in [0.2, 0.25) is 0 Å². The Balaban J connectivity index is 1.15. The molecule has 0 saturated heterocycles. The third-order valence-corrected chi connectivity index (χ3v) is 11.5. The predicted octanol–water partition coefficient (Wildman–Crippen LogP) is 13.5. The van der Waals surface area contributed by atoms with Crippen molar-refractivity contribution in [1.82, 2.24) is 19.9 Å². The van der Waals surface area contributed by atoms with E-state index in [1.54, 1.807) is 11.3 Å². The number of hydrogen-bond acceptors (Lipinski definition) is 6. The highest BCUT2D eigenvalue weighted by Crippen LogP contribution is 2.47. The lowest BCUT2D eigenvalue weighted by atomic mass is 9.91. The minimum atomic E-state index is 0.604. The molecule has 3 heterocycles. The van der Waals surface area contributed by atoms with Crippen LogP contribution in [-0.2, 0) is 0 Å². The number of oxazole rings is 1. The van der Waals surface area contributed by atoms with Crippen molar-refractivity contribution in [1.29, 1.82) is 0 Å². The monoisotopic (exact) mass is 734 g/mol. The Hall–Kier alpha value is -7.28. The predicted molar refractivity (Wildman–Crippen MR) is 230 cm³/mol. The number of nitrogens with zero attached hydrogens (tertiary/aromatic N) is 4. The van der Waals surface area contributed by atoms with Crippen molar-refractivity contribution in [3.8, 4) is 67.9 Å². The summed E-state index contributed by atoms with van der Waals surface area (Å²) < 4.78 is 8.92. The quantitative estimate of drug-likeness (QED) is 0.170. The van der Waals surface area contributed by atoms with Crippen molar-refractivity contribution in [3.63, 3.8) is 0 Å². The zero-order valence-corrected chi connectivity index (χ0v) is 30.7. The molecule has 0 saturated carbocycles. The molecule has 262 valence electrons. The second-order valence-electron chi connectivity index (χ2n) is 13.8. The zero-order chi connectivity index (χ0) is 37.0. The van der Waals surface area contributed by atoms with Gasteiger partial charge in [-0.05, 0) is 57.8 Å². The number of hydrogen-bond donors (Lipinski definition) is 0. The van der Waals surface area contributed by atoms with E-state index in [9.17, 15) is 0 Å². The van der Waals surface area contributed by atoms with Gasteiger partial charge in [-0.25, -0.2) is 19.9 Å². The number of benzene rings is 8. The van der Waals surface area contributed by atoms with E-state index in [0.717, 1.165) is 71.1 Å². The van der Waals surface area contributed by atoms with Crippen LogP contribution in [0.5, 0.6) is 0 Å². The fraction of sp³-hybridized carbons (Fsp3) is 0. The van der Waals surface area contributed by atoms with Crippen LogP contribution in [-0.4, -0.2) is 19.9 Å². The Morgan fingerprint density at radius 1 is 0.375 bits per heavy atom. The molecule has 0 unspecified atom stereocenters. The average molecular weight is 735 g/mol. The van der Waals surface area contributed by atoms with Gasteiger partial charge in [0.25, 0.3) is 0 Å². The van der Waals surface area contributed by atoms with Crippen LogP contribution in [0.3, 0.4) is 0 Å². The Morgan fingerprint density at radius 2 is 0.929 bits per heavy atom. The summed E-state index contributed by atoms with van der Waals surface area (Å²) in [7, 11) is 0. The minimum absolute atomic E-state index is 0.604. The Kier molecular flexibility index (Phi) is 7.60. The molecule has 0 radical (unpaired) electrons. The zero-order valence-electron chi connectivity index (χ0n) is 29.9. The van der Waals surface area contributed by atoms with Crippen molar-refractivity contribution in [2.45, 2.75) is 0 Å². The van der Waals surface area contributed by atoms with E-state index in [4.69, 9.17) is 24.4 Å². The second-order valence-corrected chi connectivity index (χ2v) is 14.9. The molecule has 0 aliphatic heterocycles. The molecule has 0 amide bonds. The summed E-state index contributed by atoms with van der Waals surface area (Å²) in [6.07, 6.45) is 0. The summed E-state index contributed by atoms with van der Waals surface area (Å²) >= 11 is 1.78. The van der Waals surface area contributed by atoms with Gasteiger partial charge in [0.2, 0.25) is 5.89 Å². The fourth-order valence-electron chi connectivity index (χ4n) is 7.76. The number of aromatic nitrogens is 4. The first-order valence-corrected chi connectivity index (χ1v) is 19.4. The van der Waals surface area contributed by atoms with Crippen LogP contribution >= 0.6 is 11.3 Å². The highest BCUT2D eigenvalue weighted by atomic mass is 32.1. The fourth-order valence-corrected chi connectivity index (χ4v) is 8.90. The van der Waals surface area contributed by atoms with Gasteiger partial charge >= 0.3 is 0 Å². The second kappa shape index (κ2) is 13.2. The summed E-state index contributed by atoms with van der Waals surface area (Å²) in [4.78, 5) is 20.6. The number of thiophene rings is 1. The molecule has 56 heavy (non-hydrogen) atoms. The van der Waals surface area contributed by atoms with Crippen LogP contribution < -0.4 is 0 Å². The van der Waals surface area contributed by atoms with Gasteiger partial charge in [0.15, 0.2) is 23.1 Å². The van der Waals surface area contributed by atoms with Gasteiger partial charge in [-0.1, -0.05) is 146 Å². The van der Waals surface area contributed by atoms with Crippen molar-refractivity contribution in [3.05, 3.63) is 182 Å². The molecule has 0 aliphatic rings. The first kappa shape index (κ1) is 32.2. The van der Waals surface area contributed by atoms with Crippen LogP contribution in [0.25, 0.3) is 110 Å². The molecule has 0 fully saturated rings. The maximum Gasteiger partial charge on any atom is 0.227 e. The van der Waals surface area contributed by atoms with Crippen LogP contribution in [0.1, 0.15) is 0 Å². The van der Waals surface area contributed by atoms with Gasteiger partial charge in [0, 0.05) is 54.1 Å². The lowest BCUT2D eigenvalue weighted by Crippen LogP contribution is -2.01. The molecule has 6 heteroatoms. The topological polar surface area (TPSA) is 64.7 Å². The highest BCUT2D eigenvalue weighted by Gasteiger charge is 2.23. The third kappa shape index (κ3) is 5.46. The molecular formula is C50H30N4OS. The van der Waals surface area contributed by atoms with Crippen LogP contribution in [0, 0.1) is 0 Å². The van der Waals surface area contributed by atoms with Gasteiger partial charge in [-0.15, -0.1) is 11.3 Å². The molecule has 0 N–H and O–H groups in total. The van der Waals surface area contributed by atoms with E-state index in [-0.39, 0.29) is 0 Å². The van der Waals surface area contributed by atoms with Crippen LogP contribution in [0.15, 0.2) is 186 Å². The first-order chi connectivity index (χ1) is 27.7. The molecule has 3 aromatic heterocycles. The van der Waals surface area contributed by atoms with Gasteiger partial charge in [0.1, 0.15) is 5.52 Å². The van der Waals surface area contributed by atoms with Crippen molar-refractivity contribution in [2.75, 3.05) is 0 Å². The van der Waals surface area contributed by atoms with Gasteiger partial charge in [-0.2, -0.15) is 0 Å². The summed E-state index contributed by atoms with van der Waals surface area (Å²) in [6, 6.07) is 62.7. The average Bonchev–Trinajstić information content (AvgIpc) is 3.88. The Morgan fingerprint density at radius 3 is 1.68 bits per heavy atom. The Bertz CT molecular complexity index is 3250. The van der Waals surface area contributed by atoms with Crippen molar-refractivity contribution >= 4 is 53.4 Å². The first-order valence-electron chi connectivity index (χ1n) is 18.6. The molecular weight excluding hydrogens is 705 g/mol. The van der Waals surface area contributed by atoms with Crippen molar-refractivity contribution in [2.24, 2.45) is 0 Å². The lowest BCUT2D eigenvalue weighted by Gasteiger charge is -2.14. The van der Waals surface area contributed by atoms with Gasteiger partial charge in [0.05, 0.1) is 0 Å². The van der Waals surface area contributed by atoms with E-state index in [1.165, 1.54) is 15.5 Å². The summed E-state index contributed by atoms with van der Waals surface area (Å²) in [5.41, 5.74) is 9.69. The number of rotatable bonds is 6. The lowest BCUT2D eigenvalue weighted by molar-refractivity contribution is 0.620. The Labute approximate surface area is 326 Å². The highest BCUT2D eigenvalue weighted by molar-refractivity contribution is 7.26. The van der Waals surface area contributed by atoms with E-state index >= 15 is 0 Å². The minimum Gasteiger partial charge on any atom is -0.436 e. The SMILES string of the molecule is c1ccc(-c2cccc(-c3nc(-c4ccccc4)nc(-c4ccc(-c5c6nc(-c7ccccc7)oc6cc6sc7ccccc7c56)c5ccccc45)n3)c2)cc1. The van der Waals surface area contributed by atoms with E-state index in [0.29, 0.717) is 23.4 Å². The van der Waals surface area contributed by atoms with Gasteiger partial charge < -0.3 is 4.42 Å². The van der Waals surface area contributed by atoms with E-state index in [1.807, 2.05) is 66.7 Å². The molecule has 11 rings (SSSR count). The maximum atomic E-state index is 6.54. The summed E-state index contributed by atoms with van der Waals surface area (Å²) in [5.74, 6) is 2.45. The normalized spacial score (nSPS) is 11.6. The number of fused-ring (bicyclic) bond motifs is 5. The standard InChI is InChI=1S/C50H30N4OS/c1-4-15-31(16-5-1)34-21-14-22-35(29-34)48-52-47(32-17-6-2-7-18-32)53-49(54-48)39-28-27-38(36-23-10-11-24-37(36)39)45-44-40-25-12-13-26-42(40)56-43(44)30-41-46(45)51-50(55-41)33-19-8-3-9-20-33/h1-30H. The van der Waals surface area contributed by atoms with Crippen LogP contribution in [0.4, 0.5) is 0 Å². The molecule has 0 aliphatic carbocycles. The third-order valence-electron chi connectivity index (χ3n) is 10.4. The molecule has 0 atom stereocenters. The van der Waals surface area contributed by atoms with Gasteiger partial charge in [-0.3, -0.25) is 0 Å². The maximum absolute atomic E-state index is 6.54. The largest absolute Gasteiger partial charge is 0.436 e. The molecule has 11 aromatic rings. The van der Waals surface area contributed by atoms with E-state index in [2.05, 4.69) is 115 Å².